The van der Waals surface area contributed by atoms with Crippen LogP contribution in [0, 0.1) is 59.3 Å². The van der Waals surface area contributed by atoms with Gasteiger partial charge in [-0.2, -0.15) is 0 Å². The summed E-state index contributed by atoms with van der Waals surface area (Å²) in [5.74, 6) is -2.82. The maximum absolute atomic E-state index is 13.8. The molecule has 4 heteroatoms. The molecule has 3 rings (SSSR count). The van der Waals surface area contributed by atoms with E-state index in [0.717, 1.165) is 38.9 Å². The van der Waals surface area contributed by atoms with Crippen LogP contribution in [-0.2, 0) is 19.1 Å². The molecule has 0 amide bonds. The zero-order valence-electron chi connectivity index (χ0n) is 22.0. The first-order chi connectivity index (χ1) is 15.9. The molecule has 34 heavy (non-hydrogen) atoms. The average molecular weight is 463 g/mol. The van der Waals surface area contributed by atoms with Crippen molar-refractivity contribution in [1.29, 1.82) is 0 Å². The Morgan fingerprint density at radius 2 is 1.09 bits per heavy atom. The maximum Gasteiger partial charge on any atom is 0.309 e. The first-order valence-corrected chi connectivity index (χ1v) is 12.2. The summed E-state index contributed by atoms with van der Waals surface area (Å²) in [4.78, 5) is 40.1. The van der Waals surface area contributed by atoms with Gasteiger partial charge in [-0.3, -0.25) is 14.4 Å². The van der Waals surface area contributed by atoms with Crippen LogP contribution in [0.2, 0.25) is 0 Å². The number of aryl methyl sites for hydroxylation is 6. The minimum Gasteiger partial charge on any atom is -0.469 e. The van der Waals surface area contributed by atoms with Crippen molar-refractivity contribution in [2.24, 2.45) is 17.8 Å². The summed E-state index contributed by atoms with van der Waals surface area (Å²) in [6.45, 7) is 16.0. The Bertz CT molecular complexity index is 1100. The van der Waals surface area contributed by atoms with E-state index in [1.807, 2.05) is 55.4 Å². The quantitative estimate of drug-likeness (QED) is 0.473. The Hall–Kier alpha value is -2.75. The second kappa shape index (κ2) is 9.85. The Kier molecular flexibility index (Phi) is 7.50. The molecule has 1 aliphatic carbocycles. The van der Waals surface area contributed by atoms with Crippen LogP contribution in [0.25, 0.3) is 0 Å². The van der Waals surface area contributed by atoms with E-state index in [0.29, 0.717) is 6.42 Å². The van der Waals surface area contributed by atoms with E-state index in [1.165, 1.54) is 12.7 Å². The van der Waals surface area contributed by atoms with E-state index in [9.17, 15) is 14.4 Å². The third-order valence-electron chi connectivity index (χ3n) is 7.77. The summed E-state index contributed by atoms with van der Waals surface area (Å²) in [6, 6.07) is 8.35. The zero-order chi connectivity index (χ0) is 25.5. The van der Waals surface area contributed by atoms with E-state index in [4.69, 9.17) is 4.74 Å². The van der Waals surface area contributed by atoms with Crippen molar-refractivity contribution in [2.45, 2.75) is 73.6 Å². The minimum absolute atomic E-state index is 0.0399. The van der Waals surface area contributed by atoms with Crippen molar-refractivity contribution in [1.82, 2.24) is 0 Å². The molecule has 1 fully saturated rings. The number of ether oxygens (including phenoxy) is 1. The van der Waals surface area contributed by atoms with E-state index < -0.39 is 29.6 Å². The number of rotatable bonds is 7. The predicted molar refractivity (Wildman–Crippen MR) is 135 cm³/mol. The number of carbonyl (C=O) groups excluding carboxylic acids is 3. The van der Waals surface area contributed by atoms with Gasteiger partial charge in [0.05, 0.1) is 13.0 Å². The Morgan fingerprint density at radius 1 is 0.706 bits per heavy atom. The van der Waals surface area contributed by atoms with E-state index >= 15 is 0 Å². The van der Waals surface area contributed by atoms with Gasteiger partial charge in [0.15, 0.2) is 0 Å². The summed E-state index contributed by atoms with van der Waals surface area (Å²) in [7, 11) is 1.35. The van der Waals surface area contributed by atoms with E-state index in [1.54, 1.807) is 0 Å². The van der Waals surface area contributed by atoms with Gasteiger partial charge in [-0.25, -0.2) is 0 Å². The summed E-state index contributed by atoms with van der Waals surface area (Å²) in [5, 5.41) is 0. The molecule has 182 valence electrons. The maximum atomic E-state index is 13.8. The van der Waals surface area contributed by atoms with Crippen LogP contribution < -0.4 is 0 Å². The lowest BCUT2D eigenvalue weighted by Crippen LogP contribution is -2.51. The van der Waals surface area contributed by atoms with Crippen LogP contribution in [0.4, 0.5) is 0 Å². The molecule has 0 bridgehead atoms. The Morgan fingerprint density at radius 3 is 1.47 bits per heavy atom. The third kappa shape index (κ3) is 4.60. The Labute approximate surface area is 204 Å². The minimum atomic E-state index is -0.649. The number of benzene rings is 2. The molecule has 0 heterocycles. The molecule has 0 saturated heterocycles. The van der Waals surface area contributed by atoms with Crippen LogP contribution in [0.1, 0.15) is 76.6 Å². The van der Waals surface area contributed by atoms with E-state index in [-0.39, 0.29) is 17.5 Å². The first-order valence-electron chi connectivity index (χ1n) is 12.2. The van der Waals surface area contributed by atoms with Crippen molar-refractivity contribution in [2.75, 3.05) is 7.11 Å². The van der Waals surface area contributed by atoms with Gasteiger partial charge in [0, 0.05) is 23.7 Å². The molecule has 2 aromatic carbocycles. The smallest absolute Gasteiger partial charge is 0.309 e. The van der Waals surface area contributed by atoms with Gasteiger partial charge in [-0.1, -0.05) is 49.2 Å². The standard InChI is InChI=1S/C30H38O4/c1-15-10-17(3)25(18(4)11-15)21(7)28(31)23-14-24(30(33)34-9)27(23)29(32)22(8)26-19(5)12-16(2)13-20(26)6/h10-13,21-24,27H,14H2,1-9H3. The molecule has 1 saturated carbocycles. The molecule has 0 aliphatic heterocycles. The van der Waals surface area contributed by atoms with Gasteiger partial charge in [0.2, 0.25) is 0 Å². The van der Waals surface area contributed by atoms with Gasteiger partial charge < -0.3 is 4.74 Å². The Balaban J connectivity index is 1.95. The summed E-state index contributed by atoms with van der Waals surface area (Å²) in [6.07, 6.45) is 0.370. The van der Waals surface area contributed by atoms with Crippen molar-refractivity contribution in [3.05, 3.63) is 68.8 Å². The van der Waals surface area contributed by atoms with Crippen molar-refractivity contribution < 1.29 is 19.1 Å². The van der Waals surface area contributed by atoms with Gasteiger partial charge in [-0.15, -0.1) is 0 Å². The highest BCUT2D eigenvalue weighted by Crippen LogP contribution is 2.47. The lowest BCUT2D eigenvalue weighted by atomic mass is 9.57. The molecule has 4 nitrogen and oxygen atoms in total. The number of hydrogen-bond acceptors (Lipinski definition) is 4. The van der Waals surface area contributed by atoms with Gasteiger partial charge >= 0.3 is 5.97 Å². The highest BCUT2D eigenvalue weighted by atomic mass is 16.5. The molecule has 2 aromatic rings. The first kappa shape index (κ1) is 25.9. The molecule has 0 aromatic heterocycles. The highest BCUT2D eigenvalue weighted by molar-refractivity contribution is 6.00. The van der Waals surface area contributed by atoms with Crippen molar-refractivity contribution in [3.8, 4) is 0 Å². The third-order valence-corrected chi connectivity index (χ3v) is 7.77. The largest absolute Gasteiger partial charge is 0.469 e. The van der Waals surface area contributed by atoms with Crippen LogP contribution >= 0.6 is 0 Å². The molecule has 0 spiro atoms. The molecular weight excluding hydrogens is 424 g/mol. The topological polar surface area (TPSA) is 60.4 Å². The number of esters is 1. The van der Waals surface area contributed by atoms with Gasteiger partial charge in [-0.05, 0) is 81.3 Å². The number of hydrogen-bond donors (Lipinski definition) is 0. The monoisotopic (exact) mass is 462 g/mol. The molecule has 5 unspecified atom stereocenters. The fourth-order valence-corrected chi connectivity index (χ4v) is 6.38. The fraction of sp³-hybridized carbons (Fsp3) is 0.500. The van der Waals surface area contributed by atoms with Crippen molar-refractivity contribution in [3.63, 3.8) is 0 Å². The number of ketones is 2. The van der Waals surface area contributed by atoms with Crippen LogP contribution in [0.5, 0.6) is 0 Å². The molecule has 0 N–H and O–H groups in total. The molecular formula is C30H38O4. The fourth-order valence-electron chi connectivity index (χ4n) is 6.38. The summed E-state index contributed by atoms with van der Waals surface area (Å²) < 4.78 is 5.01. The number of Topliss-reactive ketones (excluding diaryl/α,β-unsaturated/α-hetero) is 2. The van der Waals surface area contributed by atoms with Crippen LogP contribution in [0.3, 0.4) is 0 Å². The molecule has 0 radical (unpaired) electrons. The zero-order valence-corrected chi connectivity index (χ0v) is 22.0. The molecule has 5 atom stereocenters. The van der Waals surface area contributed by atoms with Gasteiger partial charge in [0.1, 0.15) is 11.6 Å². The number of methoxy groups -OCH3 is 1. The second-order valence-electron chi connectivity index (χ2n) is 10.4. The number of carbonyl (C=O) groups is 3. The summed E-state index contributed by atoms with van der Waals surface area (Å²) >= 11 is 0. The normalized spacial score (nSPS) is 21.4. The van der Waals surface area contributed by atoms with Crippen LogP contribution in [0.15, 0.2) is 24.3 Å². The predicted octanol–water partition coefficient (Wildman–Crippen LogP) is 6.01. The van der Waals surface area contributed by atoms with Crippen LogP contribution in [-0.4, -0.2) is 24.6 Å². The van der Waals surface area contributed by atoms with E-state index in [2.05, 4.69) is 24.3 Å². The summed E-state index contributed by atoms with van der Waals surface area (Å²) in [5.41, 5.74) is 8.65. The lowest BCUT2D eigenvalue weighted by molar-refractivity contribution is -0.163. The average Bonchev–Trinajstić information content (AvgIpc) is 2.70. The lowest BCUT2D eigenvalue weighted by Gasteiger charge is -2.43. The highest BCUT2D eigenvalue weighted by Gasteiger charge is 2.54. The second-order valence-corrected chi connectivity index (χ2v) is 10.4. The SMILES string of the molecule is COC(=O)C1CC(C(=O)C(C)c2c(C)cc(C)cc2C)C1C(=O)C(C)c1c(C)cc(C)cc1C. The molecule has 1 aliphatic rings. The van der Waals surface area contributed by atoms with Gasteiger partial charge in [0.25, 0.3) is 0 Å². The van der Waals surface area contributed by atoms with Crippen molar-refractivity contribution >= 4 is 17.5 Å².